The lowest BCUT2D eigenvalue weighted by molar-refractivity contribution is 0.0596. The van der Waals surface area contributed by atoms with Gasteiger partial charge in [0.15, 0.2) is 0 Å². The van der Waals surface area contributed by atoms with Crippen molar-refractivity contribution in [2.45, 2.75) is 0 Å². The number of nitrogens with one attached hydrogen (secondary N) is 1. The molecule has 0 saturated carbocycles. The van der Waals surface area contributed by atoms with Gasteiger partial charge in [0.2, 0.25) is 0 Å². The van der Waals surface area contributed by atoms with Crippen LogP contribution in [0.25, 0.3) is 0 Å². The fourth-order valence-electron chi connectivity index (χ4n) is 2.01. The number of hydrogen-bond donors (Lipinski definition) is 1. The topological polar surface area (TPSA) is 64.6 Å². The molecule has 0 bridgehead atoms. The average molecular weight is 323 g/mol. The van der Waals surface area contributed by atoms with Crippen molar-refractivity contribution in [1.29, 1.82) is 0 Å². The monoisotopic (exact) mass is 323 g/mol. The number of amides is 1. The van der Waals surface area contributed by atoms with Crippen LogP contribution in [0.1, 0.15) is 26.3 Å². The van der Waals surface area contributed by atoms with Crippen molar-refractivity contribution in [2.24, 2.45) is 0 Å². The minimum atomic E-state index is -0.551. The molecule has 0 heterocycles. The quantitative estimate of drug-likeness (QED) is 0.692. The van der Waals surface area contributed by atoms with Crippen molar-refractivity contribution in [2.75, 3.05) is 20.8 Å². The fourth-order valence-corrected chi connectivity index (χ4v) is 2.01. The summed E-state index contributed by atoms with van der Waals surface area (Å²) in [6, 6.07) is 13.8. The van der Waals surface area contributed by atoms with Crippen LogP contribution in [0.2, 0.25) is 0 Å². The number of methoxy groups -OCH3 is 2. The van der Waals surface area contributed by atoms with Crippen LogP contribution < -0.4 is 10.1 Å². The summed E-state index contributed by atoms with van der Waals surface area (Å²) < 4.78 is 9.74. The third-order valence-electron chi connectivity index (χ3n) is 3.24. The average Bonchev–Trinajstić information content (AvgIpc) is 2.64. The summed E-state index contributed by atoms with van der Waals surface area (Å²) in [5, 5.41) is 2.67. The van der Waals surface area contributed by atoms with E-state index in [1.54, 1.807) is 31.4 Å². The summed E-state index contributed by atoms with van der Waals surface area (Å²) in [6.45, 7) is 0.167. The minimum Gasteiger partial charge on any atom is -0.497 e. The van der Waals surface area contributed by atoms with Gasteiger partial charge < -0.3 is 14.8 Å². The summed E-state index contributed by atoms with van der Waals surface area (Å²) in [5.74, 6) is 5.63. The number of carbonyl (C=O) groups excluding carboxylic acids is 2. The largest absolute Gasteiger partial charge is 0.497 e. The van der Waals surface area contributed by atoms with E-state index in [0.29, 0.717) is 0 Å². The number of hydrogen-bond acceptors (Lipinski definition) is 4. The molecule has 2 rings (SSSR count). The zero-order valence-corrected chi connectivity index (χ0v) is 13.5. The molecule has 0 aliphatic heterocycles. The first-order valence-corrected chi connectivity index (χ1v) is 7.24. The van der Waals surface area contributed by atoms with Gasteiger partial charge in [-0.05, 0) is 36.4 Å². The van der Waals surface area contributed by atoms with Gasteiger partial charge in [-0.1, -0.05) is 24.0 Å². The highest BCUT2D eigenvalue weighted by atomic mass is 16.5. The molecule has 122 valence electrons. The predicted octanol–water partition coefficient (Wildman–Crippen LogP) is 2.26. The maximum Gasteiger partial charge on any atom is 0.338 e. The Morgan fingerprint density at radius 3 is 2.29 bits per heavy atom. The Morgan fingerprint density at radius 1 is 1.00 bits per heavy atom. The van der Waals surface area contributed by atoms with Gasteiger partial charge in [-0.15, -0.1) is 0 Å². The zero-order valence-electron chi connectivity index (χ0n) is 13.5. The molecule has 0 radical (unpaired) electrons. The second-order valence-corrected chi connectivity index (χ2v) is 4.75. The first-order chi connectivity index (χ1) is 11.7. The molecule has 5 nitrogen and oxygen atoms in total. The summed E-state index contributed by atoms with van der Waals surface area (Å²) >= 11 is 0. The van der Waals surface area contributed by atoms with Crippen LogP contribution in [0, 0.1) is 11.8 Å². The van der Waals surface area contributed by atoms with Crippen molar-refractivity contribution < 1.29 is 19.1 Å². The molecule has 0 aliphatic carbocycles. The van der Waals surface area contributed by atoms with E-state index < -0.39 is 5.97 Å². The number of ether oxygens (including phenoxy) is 2. The van der Waals surface area contributed by atoms with E-state index in [4.69, 9.17) is 4.74 Å². The Bertz CT molecular complexity index is 785. The van der Waals surface area contributed by atoms with E-state index in [1.165, 1.54) is 7.11 Å². The number of esters is 1. The first-order valence-electron chi connectivity index (χ1n) is 7.24. The van der Waals surface area contributed by atoms with Gasteiger partial charge in [0.1, 0.15) is 5.75 Å². The van der Waals surface area contributed by atoms with E-state index >= 15 is 0 Å². The highest BCUT2D eigenvalue weighted by Gasteiger charge is 2.16. The van der Waals surface area contributed by atoms with Crippen LogP contribution >= 0.6 is 0 Å². The first kappa shape index (κ1) is 17.1. The number of benzene rings is 2. The van der Waals surface area contributed by atoms with Gasteiger partial charge in [0.05, 0.1) is 31.9 Å². The molecule has 0 atom stereocenters. The smallest absolute Gasteiger partial charge is 0.338 e. The molecule has 0 unspecified atom stereocenters. The molecule has 0 saturated heterocycles. The van der Waals surface area contributed by atoms with E-state index in [0.717, 1.165) is 11.3 Å². The molecular formula is C19H17NO4. The molecule has 0 fully saturated rings. The van der Waals surface area contributed by atoms with E-state index in [2.05, 4.69) is 21.9 Å². The number of carbonyl (C=O) groups is 2. The lowest BCUT2D eigenvalue weighted by atomic mass is 10.1. The maximum atomic E-state index is 12.2. The second kappa shape index (κ2) is 8.39. The maximum absolute atomic E-state index is 12.2. The van der Waals surface area contributed by atoms with Crippen molar-refractivity contribution in [3.63, 3.8) is 0 Å². The SMILES string of the molecule is COC(=O)c1ccccc1C(=O)NCC#Cc1ccc(OC)cc1. The van der Waals surface area contributed by atoms with E-state index in [1.807, 2.05) is 24.3 Å². The summed E-state index contributed by atoms with van der Waals surface area (Å²) in [6.07, 6.45) is 0. The van der Waals surface area contributed by atoms with Gasteiger partial charge in [0.25, 0.3) is 5.91 Å². The second-order valence-electron chi connectivity index (χ2n) is 4.75. The molecule has 1 amide bonds. The van der Waals surface area contributed by atoms with E-state index in [9.17, 15) is 9.59 Å². The normalized spacial score (nSPS) is 9.42. The van der Waals surface area contributed by atoms with Gasteiger partial charge in [-0.2, -0.15) is 0 Å². The Hall–Kier alpha value is -3.26. The fraction of sp³-hybridized carbons (Fsp3) is 0.158. The molecule has 0 spiro atoms. The third-order valence-corrected chi connectivity index (χ3v) is 3.24. The Kier molecular flexibility index (Phi) is 5.98. The van der Waals surface area contributed by atoms with Crippen molar-refractivity contribution >= 4 is 11.9 Å². The lowest BCUT2D eigenvalue weighted by Gasteiger charge is -2.06. The molecule has 0 aromatic heterocycles. The molecule has 2 aromatic rings. The Morgan fingerprint density at radius 2 is 1.67 bits per heavy atom. The van der Waals surface area contributed by atoms with Crippen LogP contribution in [0.5, 0.6) is 5.75 Å². The highest BCUT2D eigenvalue weighted by Crippen LogP contribution is 2.11. The molecule has 0 aliphatic rings. The van der Waals surface area contributed by atoms with E-state index in [-0.39, 0.29) is 23.6 Å². The van der Waals surface area contributed by atoms with Crippen LogP contribution in [0.3, 0.4) is 0 Å². The zero-order chi connectivity index (χ0) is 17.4. The molecule has 5 heteroatoms. The predicted molar refractivity (Wildman–Crippen MR) is 90.0 cm³/mol. The summed E-state index contributed by atoms with van der Waals surface area (Å²) in [5.41, 5.74) is 1.30. The molecule has 24 heavy (non-hydrogen) atoms. The molecular weight excluding hydrogens is 306 g/mol. The van der Waals surface area contributed by atoms with Crippen molar-refractivity contribution in [3.05, 3.63) is 65.2 Å². The lowest BCUT2D eigenvalue weighted by Crippen LogP contribution is -2.25. The summed E-state index contributed by atoms with van der Waals surface area (Å²) in [4.78, 5) is 23.8. The van der Waals surface area contributed by atoms with Gasteiger partial charge in [-0.25, -0.2) is 4.79 Å². The Balaban J connectivity index is 1.99. The molecule has 1 N–H and O–H groups in total. The molecule has 2 aromatic carbocycles. The van der Waals surface area contributed by atoms with Crippen molar-refractivity contribution in [3.8, 4) is 17.6 Å². The third kappa shape index (κ3) is 4.37. The van der Waals surface area contributed by atoms with Crippen LogP contribution in [0.15, 0.2) is 48.5 Å². The van der Waals surface area contributed by atoms with Crippen LogP contribution in [-0.4, -0.2) is 32.6 Å². The van der Waals surface area contributed by atoms with Gasteiger partial charge >= 0.3 is 5.97 Å². The number of rotatable bonds is 4. The van der Waals surface area contributed by atoms with Crippen LogP contribution in [-0.2, 0) is 4.74 Å². The van der Waals surface area contributed by atoms with Crippen LogP contribution in [0.4, 0.5) is 0 Å². The van der Waals surface area contributed by atoms with Gasteiger partial charge in [-0.3, -0.25) is 4.79 Å². The van der Waals surface area contributed by atoms with Gasteiger partial charge in [0, 0.05) is 5.56 Å². The van der Waals surface area contributed by atoms with Crippen molar-refractivity contribution in [1.82, 2.24) is 5.32 Å². The minimum absolute atomic E-state index is 0.167. The summed E-state index contributed by atoms with van der Waals surface area (Å²) in [7, 11) is 2.87. The standard InChI is InChI=1S/C19H17NO4/c1-23-15-11-9-14(10-12-15)6-5-13-20-18(21)16-7-3-4-8-17(16)19(22)24-2/h3-4,7-12H,13H2,1-2H3,(H,20,21). The Labute approximate surface area is 140 Å². The highest BCUT2D eigenvalue weighted by molar-refractivity contribution is 6.05.